The lowest BCUT2D eigenvalue weighted by molar-refractivity contribution is -0.137. The highest BCUT2D eigenvalue weighted by Gasteiger charge is 2.15. The largest absolute Gasteiger partial charge is 0.367 e. The molecule has 1 aliphatic heterocycles. The summed E-state index contributed by atoms with van der Waals surface area (Å²) in [5.41, 5.74) is 0.910. The summed E-state index contributed by atoms with van der Waals surface area (Å²) in [5, 5.41) is 3.88. The normalized spacial score (nSPS) is 14.9. The van der Waals surface area contributed by atoms with Crippen molar-refractivity contribution in [3.05, 3.63) is 34.9 Å². The van der Waals surface area contributed by atoms with E-state index in [-0.39, 0.29) is 24.9 Å². The van der Waals surface area contributed by atoms with Crippen LogP contribution in [-0.2, 0) is 16.1 Å². The average molecular weight is 305 g/mol. The molecule has 0 atom stereocenters. The number of hydrogen-bond donors (Lipinski definition) is 1. The van der Waals surface area contributed by atoms with Gasteiger partial charge in [0.15, 0.2) is 0 Å². The van der Waals surface area contributed by atoms with Crippen molar-refractivity contribution in [3.63, 3.8) is 0 Å². The molecule has 0 saturated carbocycles. The number of ether oxygens (including phenoxy) is 1. The maximum atomic E-state index is 11.8. The third-order valence-corrected chi connectivity index (χ3v) is 3.28. The molecule has 1 N–H and O–H groups in total. The van der Waals surface area contributed by atoms with Crippen molar-refractivity contribution < 1.29 is 9.53 Å². The van der Waals surface area contributed by atoms with Crippen molar-refractivity contribution in [1.29, 1.82) is 0 Å². The molecule has 6 heteroatoms. The summed E-state index contributed by atoms with van der Waals surface area (Å²) >= 11 is 6.00. The number of hydrogen-bond acceptors (Lipinski definition) is 3. The molecule has 19 heavy (non-hydrogen) atoms. The summed E-state index contributed by atoms with van der Waals surface area (Å²) in [6, 6.07) is 7.50. The molecule has 0 aliphatic carbocycles. The highest BCUT2D eigenvalue weighted by atomic mass is 35.5. The molecule has 1 fully saturated rings. The quantitative estimate of drug-likeness (QED) is 0.921. The van der Waals surface area contributed by atoms with E-state index in [0.717, 1.165) is 31.7 Å². The second-order valence-corrected chi connectivity index (χ2v) is 4.62. The van der Waals surface area contributed by atoms with Crippen LogP contribution in [0.1, 0.15) is 5.56 Å². The molecule has 0 aromatic heterocycles. The standard InChI is InChI=1S/C13H17ClN2O2.ClH/c14-12-4-2-1-3-11(12)9-18-10-13(17)16-7-5-15-6-8-16;/h1-4,15H,5-10H2;1H. The zero-order valence-corrected chi connectivity index (χ0v) is 12.2. The van der Waals surface area contributed by atoms with Gasteiger partial charge in [-0.15, -0.1) is 12.4 Å². The van der Waals surface area contributed by atoms with Gasteiger partial charge < -0.3 is 15.0 Å². The van der Waals surface area contributed by atoms with Crippen molar-refractivity contribution in [2.45, 2.75) is 6.61 Å². The number of carbonyl (C=O) groups excluding carboxylic acids is 1. The average Bonchev–Trinajstić information content (AvgIpc) is 2.42. The SMILES string of the molecule is Cl.O=C(COCc1ccccc1Cl)N1CCNCC1. The number of amides is 1. The minimum absolute atomic E-state index is 0. The summed E-state index contributed by atoms with van der Waals surface area (Å²) in [5.74, 6) is 0.0450. The van der Waals surface area contributed by atoms with E-state index in [0.29, 0.717) is 11.6 Å². The number of carbonyl (C=O) groups is 1. The van der Waals surface area contributed by atoms with Gasteiger partial charge in [-0.3, -0.25) is 4.79 Å². The Hall–Kier alpha value is -0.810. The van der Waals surface area contributed by atoms with Crippen molar-refractivity contribution >= 4 is 29.9 Å². The van der Waals surface area contributed by atoms with Gasteiger partial charge in [0.25, 0.3) is 0 Å². The number of piperazine rings is 1. The predicted molar refractivity (Wildman–Crippen MR) is 77.8 cm³/mol. The molecule has 0 bridgehead atoms. The first-order chi connectivity index (χ1) is 8.77. The van der Waals surface area contributed by atoms with Gasteiger partial charge in [0.2, 0.25) is 5.91 Å². The van der Waals surface area contributed by atoms with E-state index in [1.165, 1.54) is 0 Å². The van der Waals surface area contributed by atoms with Crippen LogP contribution in [0, 0.1) is 0 Å². The minimum Gasteiger partial charge on any atom is -0.367 e. The zero-order valence-electron chi connectivity index (χ0n) is 10.6. The first-order valence-electron chi connectivity index (χ1n) is 6.07. The van der Waals surface area contributed by atoms with Crippen LogP contribution in [0.4, 0.5) is 0 Å². The molecule has 4 nitrogen and oxygen atoms in total. The van der Waals surface area contributed by atoms with E-state index < -0.39 is 0 Å². The molecule has 0 radical (unpaired) electrons. The molecule has 1 amide bonds. The lowest BCUT2D eigenvalue weighted by Crippen LogP contribution is -2.47. The fourth-order valence-corrected chi connectivity index (χ4v) is 2.06. The van der Waals surface area contributed by atoms with Gasteiger partial charge in [-0.2, -0.15) is 0 Å². The minimum atomic E-state index is 0. The number of rotatable bonds is 4. The van der Waals surface area contributed by atoms with Gasteiger partial charge in [-0.05, 0) is 11.6 Å². The van der Waals surface area contributed by atoms with E-state index in [4.69, 9.17) is 16.3 Å². The van der Waals surface area contributed by atoms with Gasteiger partial charge in [-0.1, -0.05) is 29.8 Å². The van der Waals surface area contributed by atoms with Crippen molar-refractivity contribution in [1.82, 2.24) is 10.2 Å². The van der Waals surface area contributed by atoms with Gasteiger partial charge >= 0.3 is 0 Å². The maximum Gasteiger partial charge on any atom is 0.248 e. The molecule has 1 aromatic rings. The lowest BCUT2D eigenvalue weighted by atomic mass is 10.2. The highest BCUT2D eigenvalue weighted by Crippen LogP contribution is 2.15. The fraction of sp³-hybridized carbons (Fsp3) is 0.462. The molecule has 1 heterocycles. The van der Waals surface area contributed by atoms with Gasteiger partial charge in [0.1, 0.15) is 6.61 Å². The Morgan fingerprint density at radius 3 is 2.68 bits per heavy atom. The van der Waals surface area contributed by atoms with Gasteiger partial charge in [0.05, 0.1) is 6.61 Å². The molecule has 1 aromatic carbocycles. The van der Waals surface area contributed by atoms with Crippen LogP contribution in [0.3, 0.4) is 0 Å². The Morgan fingerprint density at radius 1 is 1.32 bits per heavy atom. The van der Waals surface area contributed by atoms with E-state index in [2.05, 4.69) is 5.32 Å². The van der Waals surface area contributed by atoms with Crippen LogP contribution in [0.5, 0.6) is 0 Å². The number of halogens is 2. The summed E-state index contributed by atoms with van der Waals surface area (Å²) in [7, 11) is 0. The van der Waals surface area contributed by atoms with Crippen LogP contribution < -0.4 is 5.32 Å². The van der Waals surface area contributed by atoms with Gasteiger partial charge in [0, 0.05) is 31.2 Å². The van der Waals surface area contributed by atoms with Gasteiger partial charge in [-0.25, -0.2) is 0 Å². The first-order valence-corrected chi connectivity index (χ1v) is 6.45. The van der Waals surface area contributed by atoms with Crippen molar-refractivity contribution in [2.75, 3.05) is 32.8 Å². The third kappa shape index (κ3) is 4.99. The molecule has 2 rings (SSSR count). The fourth-order valence-electron chi connectivity index (χ4n) is 1.87. The monoisotopic (exact) mass is 304 g/mol. The summed E-state index contributed by atoms with van der Waals surface area (Å²) < 4.78 is 5.42. The molecule has 1 aliphatic rings. The number of nitrogens with zero attached hydrogens (tertiary/aromatic N) is 1. The molecular formula is C13H18Cl2N2O2. The Kier molecular flexibility index (Phi) is 7.16. The second-order valence-electron chi connectivity index (χ2n) is 4.21. The highest BCUT2D eigenvalue weighted by molar-refractivity contribution is 6.31. The molecule has 0 unspecified atom stereocenters. The summed E-state index contributed by atoms with van der Waals surface area (Å²) in [6.45, 7) is 3.72. The van der Waals surface area contributed by atoms with Crippen LogP contribution in [-0.4, -0.2) is 43.6 Å². The van der Waals surface area contributed by atoms with Crippen LogP contribution in [0.2, 0.25) is 5.02 Å². The van der Waals surface area contributed by atoms with Crippen LogP contribution in [0.15, 0.2) is 24.3 Å². The topological polar surface area (TPSA) is 41.6 Å². The molecule has 1 saturated heterocycles. The van der Waals surface area contributed by atoms with E-state index in [9.17, 15) is 4.79 Å². The van der Waals surface area contributed by atoms with Crippen LogP contribution in [0.25, 0.3) is 0 Å². The van der Waals surface area contributed by atoms with E-state index in [1.54, 1.807) is 0 Å². The first kappa shape index (κ1) is 16.2. The van der Waals surface area contributed by atoms with E-state index >= 15 is 0 Å². The Morgan fingerprint density at radius 2 is 2.00 bits per heavy atom. The van der Waals surface area contributed by atoms with Crippen molar-refractivity contribution in [2.24, 2.45) is 0 Å². The summed E-state index contributed by atoms with van der Waals surface area (Å²) in [4.78, 5) is 13.6. The molecule has 106 valence electrons. The van der Waals surface area contributed by atoms with E-state index in [1.807, 2.05) is 29.2 Å². The Balaban J connectivity index is 0.00000180. The maximum absolute atomic E-state index is 11.8. The van der Waals surface area contributed by atoms with Crippen LogP contribution >= 0.6 is 24.0 Å². The molecular weight excluding hydrogens is 287 g/mol. The Bertz CT molecular complexity index is 409. The smallest absolute Gasteiger partial charge is 0.248 e. The van der Waals surface area contributed by atoms with Crippen molar-refractivity contribution in [3.8, 4) is 0 Å². The second kappa shape index (κ2) is 8.38. The third-order valence-electron chi connectivity index (χ3n) is 2.91. The number of benzene rings is 1. The Labute approximate surface area is 124 Å². The molecule has 0 spiro atoms. The summed E-state index contributed by atoms with van der Waals surface area (Å²) in [6.07, 6.45) is 0. The zero-order chi connectivity index (χ0) is 12.8. The lowest BCUT2D eigenvalue weighted by Gasteiger charge is -2.27. The predicted octanol–water partition coefficient (Wildman–Crippen LogP) is 1.71. The number of nitrogens with one attached hydrogen (secondary N) is 1.